The number of aromatic nitrogens is 2. The van der Waals surface area contributed by atoms with Gasteiger partial charge in [0.2, 0.25) is 5.91 Å². The summed E-state index contributed by atoms with van der Waals surface area (Å²) in [4.78, 5) is 32.2. The minimum atomic E-state index is -0.167. The van der Waals surface area contributed by atoms with Crippen LogP contribution in [-0.2, 0) is 24.2 Å². The van der Waals surface area contributed by atoms with Gasteiger partial charge in [-0.3, -0.25) is 14.2 Å². The lowest BCUT2D eigenvalue weighted by atomic mass is 9.97. The van der Waals surface area contributed by atoms with Crippen LogP contribution < -0.4 is 10.9 Å². The monoisotopic (exact) mass is 395 g/mol. The number of aryl methyl sites for hydroxylation is 3. The first-order valence-corrected chi connectivity index (χ1v) is 10.7. The fraction of sp³-hybridized carbons (Fsp3) is 0.409. The molecule has 1 amide bonds. The topological polar surface area (TPSA) is 64.0 Å². The maximum absolute atomic E-state index is 13.0. The summed E-state index contributed by atoms with van der Waals surface area (Å²) in [6.07, 6.45) is 6.56. The molecule has 0 aliphatic heterocycles. The number of rotatable bonds is 5. The van der Waals surface area contributed by atoms with Crippen molar-refractivity contribution in [2.45, 2.75) is 58.5 Å². The molecule has 4 rings (SSSR count). The van der Waals surface area contributed by atoms with Gasteiger partial charge in [0, 0.05) is 4.88 Å². The van der Waals surface area contributed by atoms with Crippen LogP contribution in [0, 0.1) is 6.92 Å². The van der Waals surface area contributed by atoms with Crippen molar-refractivity contribution in [3.8, 4) is 0 Å². The minimum Gasteiger partial charge on any atom is -0.348 e. The van der Waals surface area contributed by atoms with Gasteiger partial charge in [-0.25, -0.2) is 4.98 Å². The lowest BCUT2D eigenvalue weighted by molar-refractivity contribution is -0.122. The zero-order valence-corrected chi connectivity index (χ0v) is 17.1. The number of carbonyl (C=O) groups excluding carboxylic acids is 1. The van der Waals surface area contributed by atoms with Crippen molar-refractivity contribution in [1.82, 2.24) is 14.9 Å². The zero-order valence-electron chi connectivity index (χ0n) is 16.3. The molecule has 0 spiro atoms. The van der Waals surface area contributed by atoms with Gasteiger partial charge in [0.15, 0.2) is 0 Å². The van der Waals surface area contributed by atoms with Gasteiger partial charge in [0.1, 0.15) is 11.4 Å². The maximum atomic E-state index is 13.0. The van der Waals surface area contributed by atoms with Crippen molar-refractivity contribution in [1.29, 1.82) is 0 Å². The van der Waals surface area contributed by atoms with Crippen LogP contribution in [0.2, 0.25) is 0 Å². The van der Waals surface area contributed by atoms with Gasteiger partial charge in [0.05, 0.1) is 17.8 Å². The second-order valence-corrected chi connectivity index (χ2v) is 8.59. The van der Waals surface area contributed by atoms with E-state index in [1.165, 1.54) is 27.8 Å². The summed E-state index contributed by atoms with van der Waals surface area (Å²) in [5, 5.41) is 3.78. The van der Waals surface area contributed by atoms with Gasteiger partial charge < -0.3 is 5.32 Å². The number of hydrogen-bond acceptors (Lipinski definition) is 4. The number of fused-ring (bicyclic) bond motifs is 3. The molecular formula is C22H25N3O2S. The number of carbonyl (C=O) groups is 1. The molecular weight excluding hydrogens is 370 g/mol. The van der Waals surface area contributed by atoms with E-state index in [-0.39, 0.29) is 24.1 Å². The van der Waals surface area contributed by atoms with E-state index in [2.05, 4.69) is 10.3 Å². The van der Waals surface area contributed by atoms with Gasteiger partial charge in [-0.15, -0.1) is 11.3 Å². The molecule has 1 aliphatic rings. The first kappa shape index (κ1) is 18.9. The van der Waals surface area contributed by atoms with E-state index < -0.39 is 0 Å². The van der Waals surface area contributed by atoms with Crippen LogP contribution in [0.15, 0.2) is 35.4 Å². The molecule has 3 aromatic rings. The number of amides is 1. The Labute approximate surface area is 168 Å². The first-order chi connectivity index (χ1) is 13.6. The normalized spacial score (nSPS) is 14.6. The van der Waals surface area contributed by atoms with Crippen molar-refractivity contribution in [3.05, 3.63) is 62.5 Å². The first-order valence-electron chi connectivity index (χ1n) is 9.92. The van der Waals surface area contributed by atoms with Crippen LogP contribution in [0.1, 0.15) is 53.8 Å². The van der Waals surface area contributed by atoms with Gasteiger partial charge in [-0.2, -0.15) is 0 Å². The van der Waals surface area contributed by atoms with E-state index in [9.17, 15) is 9.59 Å². The maximum Gasteiger partial charge on any atom is 0.262 e. The molecule has 1 aromatic carbocycles. The summed E-state index contributed by atoms with van der Waals surface area (Å²) in [5.74, 6) is -0.167. The lowest BCUT2D eigenvalue weighted by Crippen LogP contribution is -2.34. The molecule has 146 valence electrons. The molecule has 1 aliphatic carbocycles. The highest BCUT2D eigenvalue weighted by Crippen LogP contribution is 2.33. The SMILES string of the molecule is CC[C@H](NC(=O)Cn1cnc2sc3c(c2c1=O)CCCC3)c1ccc(C)cc1. The number of thiophene rings is 1. The highest BCUT2D eigenvalue weighted by atomic mass is 32.1. The van der Waals surface area contributed by atoms with E-state index in [0.29, 0.717) is 0 Å². The van der Waals surface area contributed by atoms with Crippen LogP contribution in [0.25, 0.3) is 10.2 Å². The van der Waals surface area contributed by atoms with Gasteiger partial charge >= 0.3 is 0 Å². The summed E-state index contributed by atoms with van der Waals surface area (Å²) in [7, 11) is 0. The Morgan fingerprint density at radius 3 is 2.75 bits per heavy atom. The largest absolute Gasteiger partial charge is 0.348 e. The van der Waals surface area contributed by atoms with Gasteiger partial charge in [-0.1, -0.05) is 36.8 Å². The molecule has 1 atom stereocenters. The standard InChI is InChI=1S/C22H25N3O2S/c1-3-17(15-10-8-14(2)9-11-15)24-19(26)12-25-13-23-21-20(22(25)27)16-6-4-5-7-18(16)28-21/h8-11,13,17H,3-7,12H2,1-2H3,(H,24,26)/t17-/m0/s1. The predicted octanol–water partition coefficient (Wildman–Crippen LogP) is 3.91. The summed E-state index contributed by atoms with van der Waals surface area (Å²) in [5.41, 5.74) is 3.33. The van der Waals surface area contributed by atoms with Gasteiger partial charge in [-0.05, 0) is 50.2 Å². The number of nitrogens with one attached hydrogen (secondary N) is 1. The quantitative estimate of drug-likeness (QED) is 0.712. The Balaban J connectivity index is 1.55. The van der Waals surface area contributed by atoms with Crippen molar-refractivity contribution < 1.29 is 4.79 Å². The van der Waals surface area contributed by atoms with E-state index >= 15 is 0 Å². The molecule has 6 heteroatoms. The van der Waals surface area contributed by atoms with Crippen molar-refractivity contribution >= 4 is 27.5 Å². The van der Waals surface area contributed by atoms with Crippen molar-refractivity contribution in [3.63, 3.8) is 0 Å². The Hall–Kier alpha value is -2.47. The third kappa shape index (κ3) is 3.61. The molecule has 0 unspecified atom stereocenters. The molecule has 0 saturated carbocycles. The molecule has 1 N–H and O–H groups in total. The molecule has 0 bridgehead atoms. The average Bonchev–Trinajstić information content (AvgIpc) is 3.08. The molecule has 0 saturated heterocycles. The molecule has 5 nitrogen and oxygen atoms in total. The van der Waals surface area contributed by atoms with Crippen LogP contribution in [0.3, 0.4) is 0 Å². The smallest absolute Gasteiger partial charge is 0.262 e. The summed E-state index contributed by atoms with van der Waals surface area (Å²) in [6.45, 7) is 4.08. The molecule has 0 fully saturated rings. The predicted molar refractivity (Wildman–Crippen MR) is 113 cm³/mol. The fourth-order valence-corrected chi connectivity index (χ4v) is 5.13. The zero-order chi connectivity index (χ0) is 19.7. The highest BCUT2D eigenvalue weighted by Gasteiger charge is 2.21. The number of hydrogen-bond donors (Lipinski definition) is 1. The van der Waals surface area contributed by atoms with Crippen LogP contribution in [0.4, 0.5) is 0 Å². The Morgan fingerprint density at radius 2 is 2.00 bits per heavy atom. The van der Waals surface area contributed by atoms with E-state index in [1.807, 2.05) is 38.1 Å². The second-order valence-electron chi connectivity index (χ2n) is 7.51. The average molecular weight is 396 g/mol. The van der Waals surface area contributed by atoms with Crippen molar-refractivity contribution in [2.75, 3.05) is 0 Å². The van der Waals surface area contributed by atoms with Crippen LogP contribution in [0.5, 0.6) is 0 Å². The Kier molecular flexibility index (Phi) is 5.31. The Bertz CT molecular complexity index is 1070. The molecule has 2 heterocycles. The highest BCUT2D eigenvalue weighted by molar-refractivity contribution is 7.18. The van der Waals surface area contributed by atoms with Gasteiger partial charge in [0.25, 0.3) is 5.56 Å². The summed E-state index contributed by atoms with van der Waals surface area (Å²) in [6, 6.07) is 8.12. The third-order valence-corrected chi connectivity index (χ3v) is 6.68. The molecule has 0 radical (unpaired) electrons. The van der Waals surface area contributed by atoms with E-state index in [0.717, 1.165) is 47.0 Å². The third-order valence-electron chi connectivity index (χ3n) is 5.48. The molecule has 2 aromatic heterocycles. The van der Waals surface area contributed by atoms with Crippen LogP contribution in [-0.4, -0.2) is 15.5 Å². The van der Waals surface area contributed by atoms with Crippen molar-refractivity contribution in [2.24, 2.45) is 0 Å². The van der Waals surface area contributed by atoms with Crippen LogP contribution >= 0.6 is 11.3 Å². The van der Waals surface area contributed by atoms with E-state index in [4.69, 9.17) is 0 Å². The van der Waals surface area contributed by atoms with E-state index in [1.54, 1.807) is 11.3 Å². The number of benzene rings is 1. The lowest BCUT2D eigenvalue weighted by Gasteiger charge is -2.18. The molecule has 28 heavy (non-hydrogen) atoms. The number of nitrogens with zero attached hydrogens (tertiary/aromatic N) is 2. The fourth-order valence-electron chi connectivity index (χ4n) is 3.91. The summed E-state index contributed by atoms with van der Waals surface area (Å²) >= 11 is 1.63. The second kappa shape index (κ2) is 7.87. The minimum absolute atomic E-state index is 0.00520. The Morgan fingerprint density at radius 1 is 1.25 bits per heavy atom. The summed E-state index contributed by atoms with van der Waals surface area (Å²) < 4.78 is 1.45.